The summed E-state index contributed by atoms with van der Waals surface area (Å²) in [5, 5.41) is 17.3. The maximum Gasteiger partial charge on any atom is 0.307 e. The summed E-state index contributed by atoms with van der Waals surface area (Å²) >= 11 is 0. The van der Waals surface area contributed by atoms with Crippen LogP contribution in [-0.2, 0) is 4.79 Å². The molecule has 0 spiro atoms. The van der Waals surface area contributed by atoms with Gasteiger partial charge in [-0.05, 0) is 23.3 Å². The second-order valence-electron chi connectivity index (χ2n) is 5.23. The average Bonchev–Trinajstić information content (AvgIpc) is 2.96. The van der Waals surface area contributed by atoms with E-state index in [1.54, 1.807) is 13.1 Å². The van der Waals surface area contributed by atoms with E-state index in [1.165, 1.54) is 0 Å². The molecule has 1 aromatic heterocycles. The van der Waals surface area contributed by atoms with Gasteiger partial charge in [-0.2, -0.15) is 5.10 Å². The highest BCUT2D eigenvalue weighted by Gasteiger charge is 2.26. The van der Waals surface area contributed by atoms with Crippen molar-refractivity contribution >= 4 is 16.9 Å². The number of benzene rings is 2. The van der Waals surface area contributed by atoms with Gasteiger partial charge in [0.05, 0.1) is 17.6 Å². The molecule has 0 aliphatic rings. The number of carboxylic acids is 1. The fourth-order valence-electron chi connectivity index (χ4n) is 2.73. The Kier molecular flexibility index (Phi) is 3.44. The Morgan fingerprint density at radius 2 is 1.90 bits per heavy atom. The molecule has 106 valence electrons. The van der Waals surface area contributed by atoms with Crippen molar-refractivity contribution < 1.29 is 9.90 Å². The Labute approximate surface area is 122 Å². The van der Waals surface area contributed by atoms with Crippen molar-refractivity contribution in [3.8, 4) is 0 Å². The molecular weight excluding hydrogens is 264 g/mol. The van der Waals surface area contributed by atoms with Crippen LogP contribution in [0.3, 0.4) is 0 Å². The van der Waals surface area contributed by atoms with Crippen LogP contribution < -0.4 is 0 Å². The van der Waals surface area contributed by atoms with E-state index in [2.05, 4.69) is 10.2 Å². The number of H-pyrrole nitrogens is 1. The van der Waals surface area contributed by atoms with Crippen LogP contribution in [0.5, 0.6) is 0 Å². The van der Waals surface area contributed by atoms with E-state index >= 15 is 0 Å². The Hall–Kier alpha value is -2.62. The van der Waals surface area contributed by atoms with Crippen LogP contribution in [0.25, 0.3) is 10.9 Å². The number of carbonyl (C=O) groups is 1. The van der Waals surface area contributed by atoms with Crippen molar-refractivity contribution in [2.45, 2.75) is 12.8 Å². The first kappa shape index (κ1) is 13.4. The lowest BCUT2D eigenvalue weighted by Crippen LogP contribution is -2.20. The molecule has 0 bridgehead atoms. The molecule has 0 saturated carbocycles. The molecule has 21 heavy (non-hydrogen) atoms. The zero-order chi connectivity index (χ0) is 14.8. The van der Waals surface area contributed by atoms with Crippen molar-refractivity contribution in [2.24, 2.45) is 5.92 Å². The number of nitrogens with zero attached hydrogens (tertiary/aromatic N) is 1. The lowest BCUT2D eigenvalue weighted by Gasteiger charge is -2.22. The number of aliphatic carboxylic acids is 1. The van der Waals surface area contributed by atoms with Gasteiger partial charge in [-0.25, -0.2) is 0 Å². The zero-order valence-electron chi connectivity index (χ0n) is 11.7. The smallest absolute Gasteiger partial charge is 0.307 e. The molecule has 0 fully saturated rings. The lowest BCUT2D eigenvalue weighted by atomic mass is 9.81. The first-order chi connectivity index (χ1) is 10.2. The van der Waals surface area contributed by atoms with Crippen molar-refractivity contribution in [1.82, 2.24) is 10.2 Å². The number of aromatic amines is 1. The molecule has 0 amide bonds. The van der Waals surface area contributed by atoms with E-state index in [-0.39, 0.29) is 5.92 Å². The van der Waals surface area contributed by atoms with Crippen LogP contribution in [0.2, 0.25) is 0 Å². The van der Waals surface area contributed by atoms with Crippen molar-refractivity contribution in [2.75, 3.05) is 0 Å². The number of fused-ring (bicyclic) bond motifs is 1. The standard InChI is InChI=1S/C17H16N2O2/c1-11(17(20)21)16(12-5-3-2-4-6-12)13-7-8-15-14(9-13)10-18-19-15/h2-11,16H,1H3,(H,18,19)(H,20,21). The summed E-state index contributed by atoms with van der Waals surface area (Å²) in [6.45, 7) is 1.75. The van der Waals surface area contributed by atoms with Gasteiger partial charge in [-0.15, -0.1) is 0 Å². The number of hydrogen-bond acceptors (Lipinski definition) is 2. The van der Waals surface area contributed by atoms with E-state index in [1.807, 2.05) is 48.5 Å². The molecule has 2 unspecified atom stereocenters. The summed E-state index contributed by atoms with van der Waals surface area (Å²) in [6, 6.07) is 15.7. The highest BCUT2D eigenvalue weighted by Crippen LogP contribution is 2.33. The number of nitrogens with one attached hydrogen (secondary N) is 1. The van der Waals surface area contributed by atoms with E-state index in [9.17, 15) is 9.90 Å². The number of aromatic nitrogens is 2. The van der Waals surface area contributed by atoms with Crippen LogP contribution >= 0.6 is 0 Å². The summed E-state index contributed by atoms with van der Waals surface area (Å²) in [5.41, 5.74) is 2.95. The third kappa shape index (κ3) is 2.52. The third-order valence-electron chi connectivity index (χ3n) is 3.87. The van der Waals surface area contributed by atoms with Crippen LogP contribution in [0.1, 0.15) is 24.0 Å². The molecule has 0 radical (unpaired) electrons. The number of carboxylic acid groups (broad SMARTS) is 1. The molecule has 3 aromatic rings. The highest BCUT2D eigenvalue weighted by atomic mass is 16.4. The third-order valence-corrected chi connectivity index (χ3v) is 3.87. The topological polar surface area (TPSA) is 66.0 Å². The second-order valence-corrected chi connectivity index (χ2v) is 5.23. The van der Waals surface area contributed by atoms with E-state index in [0.29, 0.717) is 0 Å². The summed E-state index contributed by atoms with van der Waals surface area (Å²) in [6.07, 6.45) is 1.76. The number of rotatable bonds is 4. The minimum absolute atomic E-state index is 0.178. The van der Waals surface area contributed by atoms with E-state index < -0.39 is 11.9 Å². The van der Waals surface area contributed by atoms with Crippen molar-refractivity contribution in [3.63, 3.8) is 0 Å². The lowest BCUT2D eigenvalue weighted by molar-refractivity contribution is -0.141. The molecule has 3 rings (SSSR count). The Balaban J connectivity index is 2.11. The van der Waals surface area contributed by atoms with E-state index in [4.69, 9.17) is 0 Å². The molecule has 4 nitrogen and oxygen atoms in total. The molecule has 1 heterocycles. The molecule has 2 aromatic carbocycles. The van der Waals surface area contributed by atoms with Gasteiger partial charge in [0.2, 0.25) is 0 Å². The Morgan fingerprint density at radius 1 is 1.14 bits per heavy atom. The van der Waals surface area contributed by atoms with Crippen LogP contribution in [0.4, 0.5) is 0 Å². The molecule has 0 aliphatic carbocycles. The predicted octanol–water partition coefficient (Wildman–Crippen LogP) is 3.42. The van der Waals surface area contributed by atoms with Gasteiger partial charge < -0.3 is 5.11 Å². The molecule has 2 atom stereocenters. The number of hydrogen-bond donors (Lipinski definition) is 2. The second kappa shape index (κ2) is 5.40. The fraction of sp³-hybridized carbons (Fsp3) is 0.176. The van der Waals surface area contributed by atoms with Crippen molar-refractivity contribution in [1.29, 1.82) is 0 Å². The monoisotopic (exact) mass is 280 g/mol. The summed E-state index contributed by atoms with van der Waals surface area (Å²) < 4.78 is 0. The average molecular weight is 280 g/mol. The molecule has 0 aliphatic heterocycles. The Bertz CT molecular complexity index is 765. The van der Waals surface area contributed by atoms with Gasteiger partial charge in [0.25, 0.3) is 0 Å². The van der Waals surface area contributed by atoms with Gasteiger partial charge in [0, 0.05) is 11.3 Å². The molecule has 2 N–H and O–H groups in total. The minimum Gasteiger partial charge on any atom is -0.481 e. The molecule has 4 heteroatoms. The van der Waals surface area contributed by atoms with Crippen LogP contribution in [0, 0.1) is 5.92 Å². The Morgan fingerprint density at radius 3 is 2.62 bits per heavy atom. The van der Waals surface area contributed by atoms with E-state index in [0.717, 1.165) is 22.0 Å². The minimum atomic E-state index is -0.795. The van der Waals surface area contributed by atoms with Gasteiger partial charge in [0.15, 0.2) is 0 Å². The SMILES string of the molecule is CC(C(=O)O)C(c1ccccc1)c1ccc2[nH]ncc2c1. The summed E-state index contributed by atoms with van der Waals surface area (Å²) in [4.78, 5) is 11.5. The highest BCUT2D eigenvalue weighted by molar-refractivity contribution is 5.79. The van der Waals surface area contributed by atoms with Gasteiger partial charge >= 0.3 is 5.97 Å². The first-order valence-corrected chi connectivity index (χ1v) is 6.87. The van der Waals surface area contributed by atoms with Gasteiger partial charge in [-0.3, -0.25) is 9.89 Å². The van der Waals surface area contributed by atoms with Crippen molar-refractivity contribution in [3.05, 3.63) is 65.9 Å². The normalized spacial score (nSPS) is 14.0. The molecular formula is C17H16N2O2. The zero-order valence-corrected chi connectivity index (χ0v) is 11.7. The maximum atomic E-state index is 11.5. The summed E-state index contributed by atoms with van der Waals surface area (Å²) in [5.74, 6) is -1.48. The van der Waals surface area contributed by atoms with Gasteiger partial charge in [-0.1, -0.05) is 43.3 Å². The van der Waals surface area contributed by atoms with Crippen LogP contribution in [-0.4, -0.2) is 21.3 Å². The van der Waals surface area contributed by atoms with Gasteiger partial charge in [0.1, 0.15) is 0 Å². The first-order valence-electron chi connectivity index (χ1n) is 6.87. The maximum absolute atomic E-state index is 11.5. The largest absolute Gasteiger partial charge is 0.481 e. The van der Waals surface area contributed by atoms with Crippen LogP contribution in [0.15, 0.2) is 54.7 Å². The molecule has 0 saturated heterocycles. The summed E-state index contributed by atoms with van der Waals surface area (Å²) in [7, 11) is 0. The quantitative estimate of drug-likeness (QED) is 0.769. The fourth-order valence-corrected chi connectivity index (χ4v) is 2.73. The predicted molar refractivity (Wildman–Crippen MR) is 81.2 cm³/mol.